The molecule has 1 aromatic heterocycles. The van der Waals surface area contributed by atoms with Crippen LogP contribution in [0.5, 0.6) is 0 Å². The number of nitro benzene ring substituents is 1. The zero-order valence-corrected chi connectivity index (χ0v) is 14.6. The number of nitrogens with zero attached hydrogens (tertiary/aromatic N) is 3. The molecule has 0 unspecified atom stereocenters. The van der Waals surface area contributed by atoms with Crippen LogP contribution in [0, 0.1) is 17.0 Å². The summed E-state index contributed by atoms with van der Waals surface area (Å²) in [5.74, 6) is 0.995. The van der Waals surface area contributed by atoms with E-state index in [4.69, 9.17) is 5.10 Å². The van der Waals surface area contributed by atoms with Crippen LogP contribution < -0.4 is 5.32 Å². The second-order valence-corrected chi connectivity index (χ2v) is 6.56. The van der Waals surface area contributed by atoms with Crippen LogP contribution in [-0.4, -0.2) is 21.2 Å². The summed E-state index contributed by atoms with van der Waals surface area (Å²) in [6.45, 7) is 3.00. The number of hydrogen-bond donors (Lipinski definition) is 1. The zero-order chi connectivity index (χ0) is 18.1. The molecule has 0 amide bonds. The Kier molecular flexibility index (Phi) is 4.16. The molecule has 0 radical (unpaired) electrons. The van der Waals surface area contributed by atoms with Crippen molar-refractivity contribution >= 4 is 11.5 Å². The van der Waals surface area contributed by atoms with Crippen LogP contribution in [0.2, 0.25) is 0 Å². The van der Waals surface area contributed by atoms with Gasteiger partial charge < -0.3 is 5.32 Å². The zero-order valence-electron chi connectivity index (χ0n) is 14.6. The maximum Gasteiger partial charge on any atom is 0.269 e. The summed E-state index contributed by atoms with van der Waals surface area (Å²) in [6, 6.07) is 14.8. The molecule has 1 N–H and O–H groups in total. The lowest BCUT2D eigenvalue weighted by molar-refractivity contribution is -0.384. The van der Waals surface area contributed by atoms with Gasteiger partial charge in [0.2, 0.25) is 0 Å². The first-order valence-electron chi connectivity index (χ1n) is 8.82. The Morgan fingerprint density at radius 3 is 2.62 bits per heavy atom. The van der Waals surface area contributed by atoms with Crippen LogP contribution in [-0.2, 0) is 6.42 Å². The molecule has 3 aromatic rings. The lowest BCUT2D eigenvalue weighted by atomic mass is 10.00. The Bertz CT molecular complexity index is 960. The summed E-state index contributed by atoms with van der Waals surface area (Å²) >= 11 is 0. The molecule has 6 nitrogen and oxygen atoms in total. The first-order valence-corrected chi connectivity index (χ1v) is 8.82. The Labute approximate surface area is 151 Å². The highest BCUT2D eigenvalue weighted by molar-refractivity contribution is 5.73. The van der Waals surface area contributed by atoms with Crippen LogP contribution >= 0.6 is 0 Å². The van der Waals surface area contributed by atoms with Gasteiger partial charge in [0.25, 0.3) is 5.69 Å². The van der Waals surface area contributed by atoms with Gasteiger partial charge in [-0.05, 0) is 43.9 Å². The summed E-state index contributed by atoms with van der Waals surface area (Å²) in [5.41, 5.74) is 5.43. The van der Waals surface area contributed by atoms with Gasteiger partial charge in [-0.1, -0.05) is 24.3 Å². The van der Waals surface area contributed by atoms with E-state index in [1.165, 1.54) is 23.3 Å². The predicted octanol–water partition coefficient (Wildman–Crippen LogP) is 4.50. The fourth-order valence-corrected chi connectivity index (χ4v) is 3.46. The lowest BCUT2D eigenvalue weighted by Gasteiger charge is -2.09. The fraction of sp³-hybridized carbons (Fsp3) is 0.250. The highest BCUT2D eigenvalue weighted by atomic mass is 16.6. The van der Waals surface area contributed by atoms with E-state index >= 15 is 0 Å². The molecule has 4 rings (SSSR count). The number of nitro groups is 1. The first-order chi connectivity index (χ1) is 12.6. The number of hydrogen-bond acceptors (Lipinski definition) is 4. The molecule has 0 bridgehead atoms. The summed E-state index contributed by atoms with van der Waals surface area (Å²) in [5, 5.41) is 19.3. The maximum atomic E-state index is 10.9. The van der Waals surface area contributed by atoms with Gasteiger partial charge in [0.1, 0.15) is 5.82 Å². The molecule has 1 aliphatic rings. The van der Waals surface area contributed by atoms with Gasteiger partial charge in [-0.25, -0.2) is 4.68 Å². The van der Waals surface area contributed by atoms with E-state index in [0.717, 1.165) is 48.6 Å². The third-order valence-corrected chi connectivity index (χ3v) is 4.83. The van der Waals surface area contributed by atoms with Crippen molar-refractivity contribution in [1.29, 1.82) is 0 Å². The number of aromatic nitrogens is 2. The summed E-state index contributed by atoms with van der Waals surface area (Å²) in [4.78, 5) is 10.5. The molecule has 0 saturated carbocycles. The highest BCUT2D eigenvalue weighted by Gasteiger charge is 2.22. The normalized spacial score (nSPS) is 13.6. The van der Waals surface area contributed by atoms with Crippen LogP contribution in [0.4, 0.5) is 11.5 Å². The lowest BCUT2D eigenvalue weighted by Crippen LogP contribution is -2.07. The molecule has 2 heterocycles. The summed E-state index contributed by atoms with van der Waals surface area (Å²) in [6.07, 6.45) is 3.20. The van der Waals surface area contributed by atoms with Crippen molar-refractivity contribution in [3.8, 4) is 16.9 Å². The number of benzene rings is 2. The molecular weight excluding hydrogens is 328 g/mol. The van der Waals surface area contributed by atoms with Crippen LogP contribution in [0.3, 0.4) is 0 Å². The second-order valence-electron chi connectivity index (χ2n) is 6.56. The number of rotatable bonds is 3. The van der Waals surface area contributed by atoms with Crippen molar-refractivity contribution in [2.24, 2.45) is 0 Å². The second kappa shape index (κ2) is 6.63. The van der Waals surface area contributed by atoms with E-state index in [1.54, 1.807) is 12.1 Å². The molecular formula is C20H20N4O2. The molecule has 26 heavy (non-hydrogen) atoms. The molecule has 0 spiro atoms. The Morgan fingerprint density at radius 2 is 1.88 bits per heavy atom. The smallest absolute Gasteiger partial charge is 0.269 e. The van der Waals surface area contributed by atoms with Gasteiger partial charge in [0.15, 0.2) is 0 Å². The van der Waals surface area contributed by atoms with Crippen molar-refractivity contribution in [1.82, 2.24) is 9.78 Å². The van der Waals surface area contributed by atoms with Crippen molar-refractivity contribution in [3.05, 3.63) is 69.8 Å². The van der Waals surface area contributed by atoms with E-state index in [-0.39, 0.29) is 10.6 Å². The average molecular weight is 348 g/mol. The van der Waals surface area contributed by atoms with E-state index in [9.17, 15) is 10.1 Å². The molecule has 6 heteroatoms. The molecule has 0 aliphatic carbocycles. The average Bonchev–Trinajstić information content (AvgIpc) is 2.83. The van der Waals surface area contributed by atoms with Crippen LogP contribution in [0.25, 0.3) is 16.9 Å². The van der Waals surface area contributed by atoms with E-state index in [0.29, 0.717) is 0 Å². The number of non-ortho nitro benzene ring substituents is 1. The highest BCUT2D eigenvalue weighted by Crippen LogP contribution is 2.35. The molecule has 132 valence electrons. The van der Waals surface area contributed by atoms with Gasteiger partial charge >= 0.3 is 0 Å². The van der Waals surface area contributed by atoms with Gasteiger partial charge in [-0.15, -0.1) is 0 Å². The SMILES string of the molecule is Cc1ccccc1-c1nn(-c2ccc([N+](=O)[O-])cc2)c2c1CCCCN2. The van der Waals surface area contributed by atoms with Crippen molar-refractivity contribution in [2.45, 2.75) is 26.2 Å². The van der Waals surface area contributed by atoms with Gasteiger partial charge in [0, 0.05) is 29.8 Å². The van der Waals surface area contributed by atoms with Crippen LogP contribution in [0.1, 0.15) is 24.0 Å². The van der Waals surface area contributed by atoms with Crippen molar-refractivity contribution < 1.29 is 4.92 Å². The van der Waals surface area contributed by atoms with Crippen molar-refractivity contribution in [3.63, 3.8) is 0 Å². The minimum atomic E-state index is -0.385. The Balaban J connectivity index is 1.87. The predicted molar refractivity (Wildman–Crippen MR) is 102 cm³/mol. The molecule has 0 fully saturated rings. The fourth-order valence-electron chi connectivity index (χ4n) is 3.46. The topological polar surface area (TPSA) is 73.0 Å². The van der Waals surface area contributed by atoms with Crippen LogP contribution in [0.15, 0.2) is 48.5 Å². The number of nitrogens with one attached hydrogen (secondary N) is 1. The number of fused-ring (bicyclic) bond motifs is 1. The largest absolute Gasteiger partial charge is 0.370 e. The quantitative estimate of drug-likeness (QED) is 0.558. The molecule has 2 aromatic carbocycles. The Hall–Kier alpha value is -3.15. The molecule has 0 saturated heterocycles. The van der Waals surface area contributed by atoms with E-state index in [2.05, 4.69) is 24.4 Å². The van der Waals surface area contributed by atoms with E-state index in [1.807, 2.05) is 16.8 Å². The maximum absolute atomic E-state index is 10.9. The minimum Gasteiger partial charge on any atom is -0.370 e. The summed E-state index contributed by atoms with van der Waals surface area (Å²) in [7, 11) is 0. The van der Waals surface area contributed by atoms with E-state index < -0.39 is 0 Å². The van der Waals surface area contributed by atoms with Crippen molar-refractivity contribution in [2.75, 3.05) is 11.9 Å². The Morgan fingerprint density at radius 1 is 1.12 bits per heavy atom. The number of anilines is 1. The summed E-state index contributed by atoms with van der Waals surface area (Å²) < 4.78 is 1.88. The van der Waals surface area contributed by atoms with Gasteiger partial charge in [-0.3, -0.25) is 10.1 Å². The first kappa shape index (κ1) is 16.3. The third kappa shape index (κ3) is 2.83. The third-order valence-electron chi connectivity index (χ3n) is 4.83. The number of aryl methyl sites for hydroxylation is 1. The monoisotopic (exact) mass is 348 g/mol. The molecule has 0 atom stereocenters. The minimum absolute atomic E-state index is 0.0825. The molecule has 1 aliphatic heterocycles. The standard InChI is InChI=1S/C20H20N4O2/c1-14-6-2-3-7-17(14)19-18-8-4-5-13-21-20(18)23(22-19)15-9-11-16(12-10-15)24(25)26/h2-3,6-7,9-12,21H,4-5,8,13H2,1H3. The van der Waals surface area contributed by atoms with Gasteiger partial charge in [-0.2, -0.15) is 5.10 Å². The van der Waals surface area contributed by atoms with Gasteiger partial charge in [0.05, 0.1) is 16.3 Å².